The molecule has 6 aromatic heterocycles. The van der Waals surface area contributed by atoms with E-state index in [2.05, 4.69) is 249 Å². The number of rotatable bonds is 6. The Hall–Kier alpha value is -10.3. The molecule has 16 aromatic rings. The maximum Gasteiger partial charge on any atom is 0.332 e. The van der Waals surface area contributed by atoms with Crippen LogP contribution in [0.25, 0.3) is 121 Å². The highest BCUT2D eigenvalue weighted by Crippen LogP contribution is 2.44. The average molecular weight is 1050 g/mol. The second-order valence-corrected chi connectivity index (χ2v) is 22.8. The molecular formula is C72H48B2N8. The molecule has 8 nitrogen and oxygen atoms in total. The number of nitrogens with zero attached hydrogens (tertiary/aromatic N) is 8. The summed E-state index contributed by atoms with van der Waals surface area (Å²) in [6.45, 7) is 6.59. The van der Waals surface area contributed by atoms with Gasteiger partial charge in [-0.3, -0.25) is 0 Å². The van der Waals surface area contributed by atoms with Crippen LogP contribution in [0.4, 0.5) is 0 Å². The van der Waals surface area contributed by atoms with Gasteiger partial charge in [-0.15, -0.1) is 0 Å². The van der Waals surface area contributed by atoms with Gasteiger partial charge in [0.1, 0.15) is 12.7 Å². The summed E-state index contributed by atoms with van der Waals surface area (Å²) in [6.07, 6.45) is 8.03. The van der Waals surface area contributed by atoms with E-state index in [4.69, 9.17) is 9.97 Å². The largest absolute Gasteiger partial charge is 0.375 e. The standard InChI is InChI=1S/C72H48B2N8/c1-42-31-43(2)67-54(32-42)56-36-45(33-44(3)68(56)81(67)73-57-25-10-12-29-61(57)79-63-38-75-40-77-65(63)51-23-15-27-59(73)71(51)79)34-46-35-53(48-19-8-5-9-20-48)70-55(37-46)50-22-14-21-49(47-17-6-4-7-18-47)69(50)82(70)74-58-26-11-13-30-62(58)80-64-39-76-41-78-66(64)52-24-16-28-60(74)72(52)80/h4-33,35-41H,34H2,1-3H3. The van der Waals surface area contributed by atoms with Crippen LogP contribution >= 0.6 is 0 Å². The Morgan fingerprint density at radius 2 is 0.829 bits per heavy atom. The molecule has 0 radical (unpaired) electrons. The topological polar surface area (TPSA) is 71.3 Å². The smallest absolute Gasteiger partial charge is 0.332 e. The molecule has 0 saturated heterocycles. The van der Waals surface area contributed by atoms with Gasteiger partial charge in [0.25, 0.3) is 0 Å². The van der Waals surface area contributed by atoms with Crippen LogP contribution in [0.3, 0.4) is 0 Å². The van der Waals surface area contributed by atoms with Crippen molar-refractivity contribution in [3.63, 3.8) is 0 Å². The van der Waals surface area contributed by atoms with Gasteiger partial charge in [0.15, 0.2) is 0 Å². The summed E-state index contributed by atoms with van der Waals surface area (Å²) in [5.41, 5.74) is 29.7. The zero-order valence-electron chi connectivity index (χ0n) is 45.3. The molecule has 0 N–H and O–H groups in total. The number of aromatic nitrogens is 8. The number of hydrogen-bond acceptors (Lipinski definition) is 4. The van der Waals surface area contributed by atoms with E-state index in [0.29, 0.717) is 0 Å². The summed E-state index contributed by atoms with van der Waals surface area (Å²) in [4.78, 5) is 18.9. The van der Waals surface area contributed by atoms with Gasteiger partial charge in [-0.2, -0.15) is 0 Å². The van der Waals surface area contributed by atoms with Crippen molar-refractivity contribution < 1.29 is 0 Å². The molecule has 82 heavy (non-hydrogen) atoms. The predicted octanol–water partition coefficient (Wildman–Crippen LogP) is 13.5. The third-order valence-electron chi connectivity index (χ3n) is 18.1. The average Bonchev–Trinajstić information content (AvgIpc) is 1.83. The fourth-order valence-electron chi connectivity index (χ4n) is 15.2. The van der Waals surface area contributed by atoms with Crippen LogP contribution in [0.5, 0.6) is 0 Å². The molecule has 0 aliphatic carbocycles. The lowest BCUT2D eigenvalue weighted by molar-refractivity contribution is 1.14. The number of hydrogen-bond donors (Lipinski definition) is 0. The molecule has 0 bridgehead atoms. The van der Waals surface area contributed by atoms with Crippen molar-refractivity contribution in [3.8, 4) is 33.6 Å². The van der Waals surface area contributed by atoms with E-state index in [0.717, 1.165) is 44.9 Å². The summed E-state index contributed by atoms with van der Waals surface area (Å²) in [5, 5.41) is 7.30. The number of para-hydroxylation sites is 5. The van der Waals surface area contributed by atoms with Gasteiger partial charge in [-0.1, -0.05) is 169 Å². The minimum Gasteiger partial charge on any atom is -0.375 e. The first kappa shape index (κ1) is 45.5. The lowest BCUT2D eigenvalue weighted by Gasteiger charge is -2.29. The van der Waals surface area contributed by atoms with E-state index >= 15 is 0 Å². The normalized spacial score (nSPS) is 12.8. The zero-order valence-corrected chi connectivity index (χ0v) is 45.3. The van der Waals surface area contributed by atoms with Crippen LogP contribution in [0.2, 0.25) is 0 Å². The second-order valence-electron chi connectivity index (χ2n) is 22.8. The molecule has 2 aliphatic rings. The fraction of sp³-hybridized carbons (Fsp3) is 0.0556. The molecule has 0 atom stereocenters. The Morgan fingerprint density at radius 1 is 0.366 bits per heavy atom. The summed E-state index contributed by atoms with van der Waals surface area (Å²) in [5.74, 6) is 0. The number of aryl methyl sites for hydroxylation is 3. The third-order valence-corrected chi connectivity index (χ3v) is 18.1. The van der Waals surface area contributed by atoms with Crippen LogP contribution in [0.15, 0.2) is 225 Å². The van der Waals surface area contributed by atoms with E-state index in [1.807, 2.05) is 12.4 Å². The summed E-state index contributed by atoms with van der Waals surface area (Å²) < 4.78 is 10.2. The molecule has 382 valence electrons. The Labute approximate surface area is 472 Å². The van der Waals surface area contributed by atoms with Crippen molar-refractivity contribution in [2.45, 2.75) is 27.2 Å². The highest BCUT2D eigenvalue weighted by molar-refractivity contribution is 6.89. The first-order chi connectivity index (χ1) is 40.5. The summed E-state index contributed by atoms with van der Waals surface area (Å²) >= 11 is 0. The van der Waals surface area contributed by atoms with Gasteiger partial charge >= 0.3 is 13.7 Å². The maximum atomic E-state index is 4.91. The zero-order chi connectivity index (χ0) is 54.1. The van der Waals surface area contributed by atoms with E-state index in [-0.39, 0.29) is 13.7 Å². The van der Waals surface area contributed by atoms with Crippen molar-refractivity contribution in [1.29, 1.82) is 0 Å². The van der Waals surface area contributed by atoms with E-state index in [1.165, 1.54) is 132 Å². The maximum absolute atomic E-state index is 4.91. The van der Waals surface area contributed by atoms with Crippen molar-refractivity contribution in [2.24, 2.45) is 0 Å². The lowest BCUT2D eigenvalue weighted by Crippen LogP contribution is -2.53. The van der Waals surface area contributed by atoms with Crippen LogP contribution in [-0.4, -0.2) is 51.7 Å². The molecule has 0 amide bonds. The van der Waals surface area contributed by atoms with Gasteiger partial charge in [-0.25, -0.2) is 19.9 Å². The molecule has 0 fully saturated rings. The molecule has 8 heterocycles. The molecule has 0 unspecified atom stereocenters. The molecular weight excluding hydrogens is 998 g/mol. The Morgan fingerprint density at radius 3 is 1.44 bits per heavy atom. The van der Waals surface area contributed by atoms with Crippen molar-refractivity contribution in [3.05, 3.63) is 253 Å². The molecule has 0 spiro atoms. The van der Waals surface area contributed by atoms with E-state index in [9.17, 15) is 0 Å². The van der Waals surface area contributed by atoms with Gasteiger partial charge in [-0.05, 0) is 119 Å². The van der Waals surface area contributed by atoms with Crippen LogP contribution in [0, 0.1) is 20.8 Å². The quantitative estimate of drug-likeness (QED) is 0.156. The van der Waals surface area contributed by atoms with Crippen LogP contribution < -0.4 is 21.9 Å². The van der Waals surface area contributed by atoms with Gasteiger partial charge in [0.05, 0.1) is 45.5 Å². The highest BCUT2D eigenvalue weighted by Gasteiger charge is 2.39. The summed E-state index contributed by atoms with van der Waals surface area (Å²) in [7, 11) is 0. The monoisotopic (exact) mass is 1050 g/mol. The van der Waals surface area contributed by atoms with E-state index < -0.39 is 0 Å². The lowest BCUT2D eigenvalue weighted by atomic mass is 9.48. The first-order valence-corrected chi connectivity index (χ1v) is 28.4. The highest BCUT2D eigenvalue weighted by atomic mass is 15.1. The van der Waals surface area contributed by atoms with Crippen molar-refractivity contribution >= 4 is 123 Å². The van der Waals surface area contributed by atoms with Crippen molar-refractivity contribution in [1.82, 2.24) is 38.0 Å². The Balaban J connectivity index is 0.890. The molecule has 18 rings (SSSR count). The minimum atomic E-state index is -0.183. The van der Waals surface area contributed by atoms with Gasteiger partial charge in [0.2, 0.25) is 0 Å². The minimum absolute atomic E-state index is 0.0929. The van der Waals surface area contributed by atoms with Gasteiger partial charge < -0.3 is 18.1 Å². The SMILES string of the molecule is Cc1cc(C)c2c(c1)c1cc(Cc3cc(-c4ccccc4)c4c(c3)c3cccc(-c5ccccc5)c3n4B3c4ccccc4-n4c5cncnc5c5cccc3c54)cc(C)c1n2B1c2ccccc2-n2c3cncnc3c3cccc1c32. The molecule has 10 aromatic carbocycles. The van der Waals surface area contributed by atoms with Gasteiger partial charge in [0, 0.05) is 76.9 Å². The number of benzene rings is 10. The third kappa shape index (κ3) is 6.13. The molecule has 10 heteroatoms. The molecule has 2 aliphatic heterocycles. The number of fused-ring (bicyclic) bond motifs is 16. The molecule has 0 saturated carbocycles. The first-order valence-electron chi connectivity index (χ1n) is 28.4. The summed E-state index contributed by atoms with van der Waals surface area (Å²) in [6, 6.07) is 75.2. The van der Waals surface area contributed by atoms with E-state index in [1.54, 1.807) is 12.7 Å². The fourth-order valence-corrected chi connectivity index (χ4v) is 15.2. The second kappa shape index (κ2) is 16.9. The Bertz CT molecular complexity index is 5440. The Kier molecular flexibility index (Phi) is 9.37. The van der Waals surface area contributed by atoms with Crippen LogP contribution in [0.1, 0.15) is 27.8 Å². The van der Waals surface area contributed by atoms with Crippen molar-refractivity contribution in [2.75, 3.05) is 0 Å². The van der Waals surface area contributed by atoms with Crippen LogP contribution in [-0.2, 0) is 6.42 Å². The predicted molar refractivity (Wildman–Crippen MR) is 340 cm³/mol.